The SMILES string of the molecule is ClN[C@@H]1CCN(C2CCC(c3ccccc3)CC2)C1. The fraction of sp³-hybridized carbons (Fsp3) is 0.625. The van der Waals surface area contributed by atoms with Crippen molar-refractivity contribution in [2.24, 2.45) is 0 Å². The van der Waals surface area contributed by atoms with Gasteiger partial charge in [-0.15, -0.1) is 0 Å². The molecule has 2 fully saturated rings. The second-order valence-electron chi connectivity index (χ2n) is 6.01. The van der Waals surface area contributed by atoms with Gasteiger partial charge < -0.3 is 0 Å². The van der Waals surface area contributed by atoms with E-state index in [4.69, 9.17) is 11.8 Å². The summed E-state index contributed by atoms with van der Waals surface area (Å²) >= 11 is 5.74. The average molecular weight is 279 g/mol. The van der Waals surface area contributed by atoms with E-state index in [-0.39, 0.29) is 0 Å². The van der Waals surface area contributed by atoms with Crippen LogP contribution in [0, 0.1) is 0 Å². The van der Waals surface area contributed by atoms with Crippen LogP contribution in [0.25, 0.3) is 0 Å². The van der Waals surface area contributed by atoms with Crippen molar-refractivity contribution < 1.29 is 0 Å². The summed E-state index contributed by atoms with van der Waals surface area (Å²) in [5.41, 5.74) is 1.53. The number of rotatable bonds is 3. The fourth-order valence-electron chi connectivity index (χ4n) is 3.71. The fourth-order valence-corrected chi connectivity index (χ4v) is 3.89. The quantitative estimate of drug-likeness (QED) is 0.851. The molecule has 3 rings (SSSR count). The van der Waals surface area contributed by atoms with Crippen LogP contribution in [0.4, 0.5) is 0 Å². The number of hydrogen-bond acceptors (Lipinski definition) is 2. The number of nitrogens with one attached hydrogen (secondary N) is 1. The Morgan fingerprint density at radius 2 is 1.74 bits per heavy atom. The molecule has 1 saturated heterocycles. The van der Waals surface area contributed by atoms with Gasteiger partial charge in [0.1, 0.15) is 0 Å². The highest BCUT2D eigenvalue weighted by atomic mass is 35.5. The Labute approximate surface area is 121 Å². The lowest BCUT2D eigenvalue weighted by Crippen LogP contribution is -2.37. The van der Waals surface area contributed by atoms with Crippen molar-refractivity contribution >= 4 is 11.8 Å². The average Bonchev–Trinajstić information content (AvgIpc) is 2.97. The number of hydrogen-bond donors (Lipinski definition) is 1. The maximum absolute atomic E-state index is 5.74. The van der Waals surface area contributed by atoms with Crippen LogP contribution in [0.2, 0.25) is 0 Å². The molecule has 1 N–H and O–H groups in total. The van der Waals surface area contributed by atoms with E-state index >= 15 is 0 Å². The number of benzene rings is 1. The summed E-state index contributed by atoms with van der Waals surface area (Å²) in [6, 6.07) is 12.3. The van der Waals surface area contributed by atoms with Gasteiger partial charge in [-0.2, -0.15) is 0 Å². The zero-order valence-corrected chi connectivity index (χ0v) is 12.1. The lowest BCUT2D eigenvalue weighted by Gasteiger charge is -2.34. The third-order valence-corrected chi connectivity index (χ3v) is 5.17. The molecule has 19 heavy (non-hydrogen) atoms. The van der Waals surface area contributed by atoms with Gasteiger partial charge in [0.2, 0.25) is 0 Å². The molecule has 104 valence electrons. The van der Waals surface area contributed by atoms with Crippen molar-refractivity contribution in [1.82, 2.24) is 9.74 Å². The van der Waals surface area contributed by atoms with Crippen LogP contribution >= 0.6 is 11.8 Å². The Morgan fingerprint density at radius 1 is 1.00 bits per heavy atom. The Morgan fingerprint density at radius 3 is 2.37 bits per heavy atom. The van der Waals surface area contributed by atoms with Gasteiger partial charge in [0.05, 0.1) is 0 Å². The van der Waals surface area contributed by atoms with Crippen LogP contribution in [-0.4, -0.2) is 30.1 Å². The molecular formula is C16H23ClN2. The zero-order valence-electron chi connectivity index (χ0n) is 11.4. The Bertz CT molecular complexity index is 387. The molecule has 0 bridgehead atoms. The van der Waals surface area contributed by atoms with Crippen LogP contribution < -0.4 is 4.84 Å². The van der Waals surface area contributed by atoms with Gasteiger partial charge in [-0.1, -0.05) is 30.3 Å². The Kier molecular flexibility index (Phi) is 4.42. The van der Waals surface area contributed by atoms with Crippen molar-refractivity contribution in [3.63, 3.8) is 0 Å². The van der Waals surface area contributed by atoms with Gasteiger partial charge in [-0.25, -0.2) is 4.84 Å². The van der Waals surface area contributed by atoms with E-state index in [2.05, 4.69) is 40.1 Å². The van der Waals surface area contributed by atoms with Crippen LogP contribution in [0.15, 0.2) is 30.3 Å². The van der Waals surface area contributed by atoms with E-state index in [1.165, 1.54) is 44.2 Å². The van der Waals surface area contributed by atoms with Gasteiger partial charge >= 0.3 is 0 Å². The van der Waals surface area contributed by atoms with Gasteiger partial charge in [-0.05, 0) is 55.4 Å². The minimum absolute atomic E-state index is 0.494. The van der Waals surface area contributed by atoms with E-state index in [9.17, 15) is 0 Å². The predicted octanol–water partition coefficient (Wildman–Crippen LogP) is 3.53. The number of nitrogens with zero attached hydrogens (tertiary/aromatic N) is 1. The molecule has 1 aliphatic carbocycles. The molecule has 1 heterocycles. The van der Waals surface area contributed by atoms with Crippen LogP contribution in [-0.2, 0) is 0 Å². The summed E-state index contributed by atoms with van der Waals surface area (Å²) in [7, 11) is 0. The highest BCUT2D eigenvalue weighted by Gasteiger charge is 2.31. The maximum atomic E-state index is 5.74. The van der Waals surface area contributed by atoms with Gasteiger partial charge in [0, 0.05) is 25.2 Å². The largest absolute Gasteiger partial charge is 0.299 e. The zero-order chi connectivity index (χ0) is 13.1. The summed E-state index contributed by atoms with van der Waals surface area (Å²) in [5, 5.41) is 0. The second-order valence-corrected chi connectivity index (χ2v) is 6.22. The van der Waals surface area contributed by atoms with E-state index in [0.29, 0.717) is 6.04 Å². The second kappa shape index (κ2) is 6.25. The highest BCUT2D eigenvalue weighted by Crippen LogP contribution is 2.35. The molecule has 1 saturated carbocycles. The minimum atomic E-state index is 0.494. The molecule has 1 aliphatic heterocycles. The smallest absolute Gasteiger partial charge is 0.0360 e. The van der Waals surface area contributed by atoms with E-state index < -0.39 is 0 Å². The first-order valence-electron chi connectivity index (χ1n) is 7.52. The first-order chi connectivity index (χ1) is 9.36. The first kappa shape index (κ1) is 13.4. The lowest BCUT2D eigenvalue weighted by molar-refractivity contribution is 0.179. The standard InChI is InChI=1S/C16H23ClN2/c17-18-15-10-11-19(12-15)16-8-6-14(7-9-16)13-4-2-1-3-5-13/h1-5,14-16,18H,6-12H2/t14?,15-,16?/m1/s1. The van der Waals surface area contributed by atoms with Crippen molar-refractivity contribution in [3.05, 3.63) is 35.9 Å². The summed E-state index contributed by atoms with van der Waals surface area (Å²) in [5.74, 6) is 0.780. The third-order valence-electron chi connectivity index (χ3n) is 4.86. The molecule has 0 aromatic heterocycles. The number of likely N-dealkylation sites (tertiary alicyclic amines) is 1. The topological polar surface area (TPSA) is 15.3 Å². The van der Waals surface area contributed by atoms with E-state index in [0.717, 1.165) is 18.5 Å². The normalized spacial score (nSPS) is 32.6. The highest BCUT2D eigenvalue weighted by molar-refractivity contribution is 6.13. The van der Waals surface area contributed by atoms with Gasteiger partial charge in [-0.3, -0.25) is 4.90 Å². The summed E-state index contributed by atoms with van der Waals surface area (Å²) in [6.45, 7) is 2.34. The summed E-state index contributed by atoms with van der Waals surface area (Å²) in [6.07, 6.45) is 6.56. The lowest BCUT2D eigenvalue weighted by atomic mass is 9.81. The van der Waals surface area contributed by atoms with Crippen LogP contribution in [0.1, 0.15) is 43.6 Å². The maximum Gasteiger partial charge on any atom is 0.0360 e. The van der Waals surface area contributed by atoms with E-state index in [1.54, 1.807) is 0 Å². The molecule has 0 radical (unpaired) electrons. The van der Waals surface area contributed by atoms with Crippen molar-refractivity contribution in [2.45, 2.75) is 50.1 Å². The molecule has 1 atom stereocenters. The van der Waals surface area contributed by atoms with Gasteiger partial charge in [0.25, 0.3) is 0 Å². The number of halogens is 1. The summed E-state index contributed by atoms with van der Waals surface area (Å²) < 4.78 is 0. The van der Waals surface area contributed by atoms with Gasteiger partial charge in [0.15, 0.2) is 0 Å². The van der Waals surface area contributed by atoms with Crippen LogP contribution in [0.5, 0.6) is 0 Å². The Balaban J connectivity index is 1.53. The van der Waals surface area contributed by atoms with Crippen LogP contribution in [0.3, 0.4) is 0 Å². The predicted molar refractivity (Wildman–Crippen MR) is 80.4 cm³/mol. The molecule has 0 amide bonds. The molecule has 2 nitrogen and oxygen atoms in total. The van der Waals surface area contributed by atoms with E-state index in [1.807, 2.05) is 0 Å². The molecule has 2 aliphatic rings. The molecule has 1 aromatic rings. The third kappa shape index (κ3) is 3.13. The Hall–Kier alpha value is -0.570. The van der Waals surface area contributed by atoms with Crippen molar-refractivity contribution in [2.75, 3.05) is 13.1 Å². The first-order valence-corrected chi connectivity index (χ1v) is 7.90. The van der Waals surface area contributed by atoms with Crippen molar-refractivity contribution in [1.29, 1.82) is 0 Å². The molecule has 1 aromatic carbocycles. The molecule has 0 unspecified atom stereocenters. The van der Waals surface area contributed by atoms with Crippen molar-refractivity contribution in [3.8, 4) is 0 Å². The molecular weight excluding hydrogens is 256 g/mol. The monoisotopic (exact) mass is 278 g/mol. The molecule has 3 heteroatoms. The molecule has 0 spiro atoms. The summed E-state index contributed by atoms with van der Waals surface area (Å²) in [4.78, 5) is 5.54. The minimum Gasteiger partial charge on any atom is -0.299 e.